The van der Waals surface area contributed by atoms with Gasteiger partial charge in [0.25, 0.3) is 0 Å². The first-order valence-electron chi connectivity index (χ1n) is 14.4. The molecule has 2 heterocycles. The fourth-order valence-electron chi connectivity index (χ4n) is 5.86. The Kier molecular flexibility index (Phi) is 13.7. The van der Waals surface area contributed by atoms with Crippen LogP contribution in [-0.4, -0.2) is 177 Å². The highest BCUT2D eigenvalue weighted by Crippen LogP contribution is 2.36. The summed E-state index contributed by atoms with van der Waals surface area (Å²) in [6.45, 7) is -1.24. The molecule has 0 aromatic rings. The van der Waals surface area contributed by atoms with Gasteiger partial charge >= 0.3 is 6.03 Å². The van der Waals surface area contributed by atoms with Crippen molar-refractivity contribution in [1.29, 1.82) is 0 Å². The van der Waals surface area contributed by atoms with Crippen molar-refractivity contribution < 1.29 is 60.0 Å². The quantitative estimate of drug-likeness (QED) is 0.0705. The van der Waals surface area contributed by atoms with Crippen molar-refractivity contribution in [2.75, 3.05) is 39.4 Å². The number of hydrogen-bond donors (Lipinski definition) is 14. The van der Waals surface area contributed by atoms with E-state index < -0.39 is 111 Å². The Morgan fingerprint density at radius 1 is 1.00 bits per heavy atom. The van der Waals surface area contributed by atoms with E-state index in [4.69, 9.17) is 42.3 Å². The number of nitrogens with zero attached hydrogens (tertiary/aromatic N) is 1. The SMILES string of the molecule is NCCN(O)C(=O)NC1CC(N)C(C2OC(CNCC(O)CO)C(O)CC2N)C(O)C1OC1OC(CO)C(O)C(N)C1O. The number of amides is 2. The number of rotatable bonds is 12. The van der Waals surface area contributed by atoms with Crippen molar-refractivity contribution >= 4 is 6.03 Å². The van der Waals surface area contributed by atoms with Gasteiger partial charge in [0.15, 0.2) is 6.29 Å². The van der Waals surface area contributed by atoms with Gasteiger partial charge in [0, 0.05) is 37.6 Å². The lowest BCUT2D eigenvalue weighted by Crippen LogP contribution is -2.70. The van der Waals surface area contributed by atoms with E-state index in [-0.39, 0.29) is 39.0 Å². The van der Waals surface area contributed by atoms with Crippen molar-refractivity contribution in [2.24, 2.45) is 28.9 Å². The smallest absolute Gasteiger partial charge is 0.341 e. The van der Waals surface area contributed by atoms with Crippen molar-refractivity contribution in [3.63, 3.8) is 0 Å². The van der Waals surface area contributed by atoms with Gasteiger partial charge in [-0.3, -0.25) is 5.21 Å². The Hall–Kier alpha value is -1.37. The van der Waals surface area contributed by atoms with Gasteiger partial charge in [0.1, 0.15) is 24.4 Å². The van der Waals surface area contributed by atoms with Gasteiger partial charge in [-0.15, -0.1) is 0 Å². The lowest BCUT2D eigenvalue weighted by Gasteiger charge is -2.51. The molecule has 19 heteroatoms. The molecule has 3 aliphatic rings. The van der Waals surface area contributed by atoms with Crippen LogP contribution < -0.4 is 33.6 Å². The van der Waals surface area contributed by atoms with E-state index >= 15 is 0 Å². The molecule has 3 fully saturated rings. The highest BCUT2D eigenvalue weighted by molar-refractivity contribution is 5.73. The summed E-state index contributed by atoms with van der Waals surface area (Å²) >= 11 is 0. The number of aliphatic hydroxyl groups excluding tert-OH is 7. The molecule has 15 atom stereocenters. The largest absolute Gasteiger partial charge is 0.394 e. The minimum Gasteiger partial charge on any atom is -0.394 e. The van der Waals surface area contributed by atoms with E-state index in [2.05, 4.69) is 10.6 Å². The van der Waals surface area contributed by atoms with E-state index in [1.807, 2.05) is 0 Å². The Labute approximate surface area is 248 Å². The first-order valence-corrected chi connectivity index (χ1v) is 14.4. The molecule has 18 N–H and O–H groups in total. The van der Waals surface area contributed by atoms with Gasteiger partial charge < -0.3 is 83.5 Å². The molecule has 15 unspecified atom stereocenters. The van der Waals surface area contributed by atoms with Crippen LogP contribution in [0.1, 0.15) is 12.8 Å². The Morgan fingerprint density at radius 2 is 1.70 bits per heavy atom. The van der Waals surface area contributed by atoms with Crippen molar-refractivity contribution in [3.05, 3.63) is 0 Å². The summed E-state index contributed by atoms with van der Waals surface area (Å²) in [5.74, 6) is -0.936. The zero-order valence-corrected chi connectivity index (χ0v) is 23.8. The first-order chi connectivity index (χ1) is 20.3. The summed E-state index contributed by atoms with van der Waals surface area (Å²) in [6, 6.07) is -4.95. The van der Waals surface area contributed by atoms with E-state index in [1.54, 1.807) is 0 Å². The summed E-state index contributed by atoms with van der Waals surface area (Å²) in [5.41, 5.74) is 24.2. The standard InChI is InChI=1S/C24H49N7O12/c25-1-2-31(40)24(39)30-12-3-10(26)16(21-11(27)4-13(35)14(41-21)6-29-5-9(34)7-32)19(37)22(12)43-23-20(38)17(28)18(36)15(8-33)42-23/h9-23,29,32-38,40H,1-8,25-28H2,(H,30,39). The molecule has 19 nitrogen and oxygen atoms in total. The van der Waals surface area contributed by atoms with E-state index in [9.17, 15) is 40.6 Å². The third-order valence-electron chi connectivity index (χ3n) is 8.27. The van der Waals surface area contributed by atoms with Gasteiger partial charge in [-0.25, -0.2) is 9.86 Å². The zero-order valence-electron chi connectivity index (χ0n) is 23.8. The fourth-order valence-corrected chi connectivity index (χ4v) is 5.86. The molecule has 252 valence electrons. The van der Waals surface area contributed by atoms with Crippen LogP contribution in [0.5, 0.6) is 0 Å². The number of hydrogen-bond acceptors (Lipinski definition) is 17. The molecule has 0 aromatic heterocycles. The van der Waals surface area contributed by atoms with Crippen LogP contribution in [0.25, 0.3) is 0 Å². The Bertz CT molecular complexity index is 867. The number of carbonyl (C=O) groups is 1. The Morgan fingerprint density at radius 3 is 2.33 bits per heavy atom. The summed E-state index contributed by atoms with van der Waals surface area (Å²) in [6.07, 6.45) is -12.4. The van der Waals surface area contributed by atoms with Crippen LogP contribution in [0.3, 0.4) is 0 Å². The molecule has 1 aliphatic carbocycles. The van der Waals surface area contributed by atoms with Crippen LogP contribution >= 0.6 is 0 Å². The highest BCUT2D eigenvalue weighted by Gasteiger charge is 2.53. The van der Waals surface area contributed by atoms with Crippen molar-refractivity contribution in [3.8, 4) is 0 Å². The summed E-state index contributed by atoms with van der Waals surface area (Å²) in [7, 11) is 0. The number of urea groups is 1. The highest BCUT2D eigenvalue weighted by atomic mass is 16.7. The summed E-state index contributed by atoms with van der Waals surface area (Å²) in [4.78, 5) is 12.6. The van der Waals surface area contributed by atoms with Crippen LogP contribution in [0.2, 0.25) is 0 Å². The lowest BCUT2D eigenvalue weighted by molar-refractivity contribution is -0.306. The summed E-state index contributed by atoms with van der Waals surface area (Å²) in [5, 5.41) is 87.2. The fraction of sp³-hybridized carbons (Fsp3) is 0.958. The molecular weight excluding hydrogens is 578 g/mol. The molecule has 0 spiro atoms. The molecule has 0 radical (unpaired) electrons. The normalized spacial score (nSPS) is 42.8. The third kappa shape index (κ3) is 8.67. The summed E-state index contributed by atoms with van der Waals surface area (Å²) < 4.78 is 17.6. The number of hydroxylamine groups is 2. The predicted molar refractivity (Wildman–Crippen MR) is 146 cm³/mol. The lowest BCUT2D eigenvalue weighted by atomic mass is 9.72. The molecule has 0 aromatic carbocycles. The number of aliphatic hydroxyl groups is 7. The maximum Gasteiger partial charge on any atom is 0.341 e. The molecular formula is C24H49N7O12. The Balaban J connectivity index is 1.85. The van der Waals surface area contributed by atoms with Crippen LogP contribution in [0, 0.1) is 5.92 Å². The molecule has 2 aliphatic heterocycles. The minimum absolute atomic E-state index is 0.0315. The number of nitrogens with two attached hydrogens (primary N) is 4. The van der Waals surface area contributed by atoms with E-state index in [0.29, 0.717) is 5.06 Å². The average Bonchev–Trinajstić information content (AvgIpc) is 2.96. The predicted octanol–water partition coefficient (Wildman–Crippen LogP) is -7.64. The zero-order chi connectivity index (χ0) is 32.0. The van der Waals surface area contributed by atoms with E-state index in [1.165, 1.54) is 0 Å². The van der Waals surface area contributed by atoms with Gasteiger partial charge in [-0.2, -0.15) is 0 Å². The first kappa shape index (κ1) is 36.1. The van der Waals surface area contributed by atoms with Crippen LogP contribution in [0.4, 0.5) is 4.79 Å². The number of nitrogens with one attached hydrogen (secondary N) is 2. The molecule has 1 saturated carbocycles. The van der Waals surface area contributed by atoms with Gasteiger partial charge in [0.2, 0.25) is 0 Å². The molecule has 0 bridgehead atoms. The van der Waals surface area contributed by atoms with Gasteiger partial charge in [-0.1, -0.05) is 0 Å². The van der Waals surface area contributed by atoms with Crippen molar-refractivity contribution in [1.82, 2.24) is 15.7 Å². The van der Waals surface area contributed by atoms with Crippen LogP contribution in [-0.2, 0) is 14.2 Å². The second kappa shape index (κ2) is 16.3. The molecule has 3 rings (SSSR count). The van der Waals surface area contributed by atoms with Crippen LogP contribution in [0.15, 0.2) is 0 Å². The maximum atomic E-state index is 12.6. The molecule has 43 heavy (non-hydrogen) atoms. The van der Waals surface area contributed by atoms with E-state index in [0.717, 1.165) is 0 Å². The number of carbonyl (C=O) groups excluding carboxylic acids is 1. The molecule has 2 saturated heterocycles. The molecule has 2 amide bonds. The second-order valence-corrected chi connectivity index (χ2v) is 11.4. The third-order valence-corrected chi connectivity index (χ3v) is 8.27. The monoisotopic (exact) mass is 627 g/mol. The average molecular weight is 628 g/mol. The van der Waals surface area contributed by atoms with Crippen molar-refractivity contribution in [2.45, 2.75) is 98.2 Å². The number of ether oxygens (including phenoxy) is 3. The minimum atomic E-state index is -1.60. The maximum absolute atomic E-state index is 12.6. The van der Waals surface area contributed by atoms with Gasteiger partial charge in [0.05, 0.1) is 62.4 Å². The topological polar surface area (TPSA) is 338 Å². The van der Waals surface area contributed by atoms with Gasteiger partial charge in [-0.05, 0) is 12.8 Å². The second-order valence-electron chi connectivity index (χ2n) is 11.4.